The van der Waals surface area contributed by atoms with Gasteiger partial charge in [-0.15, -0.1) is 0 Å². The van der Waals surface area contributed by atoms with Crippen LogP contribution in [0.2, 0.25) is 0 Å². The highest BCUT2D eigenvalue weighted by atomic mass is 16.5. The zero-order chi connectivity index (χ0) is 32.7. The largest absolute Gasteiger partial charge is 0.494 e. The van der Waals surface area contributed by atoms with Gasteiger partial charge in [-0.05, 0) is 73.2 Å². The third-order valence-electron chi connectivity index (χ3n) is 8.45. The maximum Gasteiger partial charge on any atom is 0.127 e. The lowest BCUT2D eigenvalue weighted by molar-refractivity contribution is 0.298. The van der Waals surface area contributed by atoms with Gasteiger partial charge in [0.2, 0.25) is 0 Å². The SMILES string of the molecule is CCCCCCOc1ccc(OCCCCCC)c(-c2ccc(-c3cc(OCCCCCC)ccc3OCCCCCC)cc2)c1. The molecule has 0 aliphatic rings. The van der Waals surface area contributed by atoms with Crippen LogP contribution in [-0.2, 0) is 0 Å². The molecule has 0 saturated carbocycles. The second-order valence-electron chi connectivity index (χ2n) is 12.5. The van der Waals surface area contributed by atoms with Gasteiger partial charge >= 0.3 is 0 Å². The van der Waals surface area contributed by atoms with E-state index >= 15 is 0 Å². The molecule has 4 nitrogen and oxygen atoms in total. The predicted octanol–water partition coefficient (Wildman–Crippen LogP) is 12.9. The van der Waals surface area contributed by atoms with E-state index in [2.05, 4.69) is 88.4 Å². The average Bonchev–Trinajstić information content (AvgIpc) is 3.08. The summed E-state index contributed by atoms with van der Waals surface area (Å²) in [6.45, 7) is 11.9. The first-order valence-corrected chi connectivity index (χ1v) is 18.6. The maximum atomic E-state index is 6.34. The highest BCUT2D eigenvalue weighted by molar-refractivity contribution is 5.77. The lowest BCUT2D eigenvalue weighted by Gasteiger charge is -2.16. The van der Waals surface area contributed by atoms with Crippen LogP contribution in [-0.4, -0.2) is 26.4 Å². The summed E-state index contributed by atoms with van der Waals surface area (Å²) < 4.78 is 25.0. The summed E-state index contributed by atoms with van der Waals surface area (Å²) in [5.74, 6) is 3.63. The molecular weight excluding hydrogens is 568 g/mol. The van der Waals surface area contributed by atoms with Crippen LogP contribution in [0.25, 0.3) is 22.3 Å². The van der Waals surface area contributed by atoms with E-state index in [1.54, 1.807) is 0 Å². The minimum absolute atomic E-state index is 0.729. The van der Waals surface area contributed by atoms with Crippen LogP contribution in [0.3, 0.4) is 0 Å². The molecule has 0 atom stereocenters. The van der Waals surface area contributed by atoms with Gasteiger partial charge in [0.15, 0.2) is 0 Å². The number of benzene rings is 3. The van der Waals surface area contributed by atoms with Crippen LogP contribution in [0.4, 0.5) is 0 Å². The molecule has 0 saturated heterocycles. The molecule has 254 valence electrons. The van der Waals surface area contributed by atoms with Crippen molar-refractivity contribution in [3.63, 3.8) is 0 Å². The Morgan fingerprint density at radius 3 is 1.00 bits per heavy atom. The first-order chi connectivity index (χ1) is 22.7. The fourth-order valence-electron chi connectivity index (χ4n) is 5.59. The predicted molar refractivity (Wildman–Crippen MR) is 196 cm³/mol. The Labute approximate surface area is 281 Å². The Hall–Kier alpha value is -3.14. The first-order valence-electron chi connectivity index (χ1n) is 18.6. The molecule has 3 rings (SSSR count). The molecule has 0 fully saturated rings. The van der Waals surface area contributed by atoms with Crippen molar-refractivity contribution in [1.29, 1.82) is 0 Å². The molecule has 4 heteroatoms. The summed E-state index contributed by atoms with van der Waals surface area (Å²) in [5, 5.41) is 0. The van der Waals surface area contributed by atoms with Crippen molar-refractivity contribution >= 4 is 0 Å². The van der Waals surface area contributed by atoms with Gasteiger partial charge in [0.05, 0.1) is 26.4 Å². The van der Waals surface area contributed by atoms with E-state index in [0.717, 1.165) is 97.4 Å². The van der Waals surface area contributed by atoms with Crippen molar-refractivity contribution in [2.45, 2.75) is 130 Å². The van der Waals surface area contributed by atoms with Crippen LogP contribution >= 0.6 is 0 Å². The molecule has 0 heterocycles. The standard InChI is InChI=1S/C42H62O4/c1-5-9-13-17-29-43-37-25-27-41(45-31-19-15-11-7-3)39(33-37)35-21-23-36(24-22-35)40-34-38(44-30-18-14-10-6-2)26-28-42(40)46-32-20-16-12-8-4/h21-28,33-34H,5-20,29-32H2,1-4H3. The minimum atomic E-state index is 0.729. The quantitative estimate of drug-likeness (QED) is 0.0827. The highest BCUT2D eigenvalue weighted by Crippen LogP contribution is 2.38. The summed E-state index contributed by atoms with van der Waals surface area (Å²) in [7, 11) is 0. The number of hydrogen-bond donors (Lipinski definition) is 0. The van der Waals surface area contributed by atoms with Crippen molar-refractivity contribution in [1.82, 2.24) is 0 Å². The van der Waals surface area contributed by atoms with Crippen LogP contribution in [0.5, 0.6) is 23.0 Å². The van der Waals surface area contributed by atoms with Gasteiger partial charge in [0, 0.05) is 11.1 Å². The van der Waals surface area contributed by atoms with Gasteiger partial charge in [-0.3, -0.25) is 0 Å². The third-order valence-corrected chi connectivity index (χ3v) is 8.45. The van der Waals surface area contributed by atoms with Gasteiger partial charge in [-0.2, -0.15) is 0 Å². The highest BCUT2D eigenvalue weighted by Gasteiger charge is 2.13. The molecule has 0 unspecified atom stereocenters. The van der Waals surface area contributed by atoms with E-state index < -0.39 is 0 Å². The number of ether oxygens (including phenoxy) is 4. The van der Waals surface area contributed by atoms with E-state index in [1.807, 2.05) is 0 Å². The molecule has 0 aromatic heterocycles. The molecule has 46 heavy (non-hydrogen) atoms. The molecule has 0 aliphatic carbocycles. The molecule has 0 aliphatic heterocycles. The van der Waals surface area contributed by atoms with Gasteiger partial charge in [0.25, 0.3) is 0 Å². The van der Waals surface area contributed by atoms with Crippen molar-refractivity contribution in [2.24, 2.45) is 0 Å². The summed E-state index contributed by atoms with van der Waals surface area (Å²) in [4.78, 5) is 0. The Bertz CT molecular complexity index is 1110. The molecule has 3 aromatic carbocycles. The number of rotatable bonds is 26. The van der Waals surface area contributed by atoms with E-state index in [4.69, 9.17) is 18.9 Å². The third kappa shape index (κ3) is 13.7. The zero-order valence-electron chi connectivity index (χ0n) is 29.5. The molecule has 3 aromatic rings. The number of unbranched alkanes of at least 4 members (excludes halogenated alkanes) is 12. The summed E-state index contributed by atoms with van der Waals surface area (Å²) in [6.07, 6.45) is 19.0. The van der Waals surface area contributed by atoms with Crippen molar-refractivity contribution in [2.75, 3.05) is 26.4 Å². The molecular formula is C42H62O4. The van der Waals surface area contributed by atoms with E-state index in [1.165, 1.54) is 77.0 Å². The molecule has 0 amide bonds. The van der Waals surface area contributed by atoms with E-state index in [9.17, 15) is 0 Å². The van der Waals surface area contributed by atoms with Crippen LogP contribution in [0.1, 0.15) is 130 Å². The number of hydrogen-bond acceptors (Lipinski definition) is 4. The molecule has 0 N–H and O–H groups in total. The van der Waals surface area contributed by atoms with E-state index in [0.29, 0.717) is 0 Å². The maximum absolute atomic E-state index is 6.34. The Morgan fingerprint density at radius 1 is 0.348 bits per heavy atom. The summed E-state index contributed by atoms with van der Waals surface area (Å²) in [6, 6.07) is 21.3. The zero-order valence-corrected chi connectivity index (χ0v) is 29.5. The van der Waals surface area contributed by atoms with Gasteiger partial charge in [0.1, 0.15) is 23.0 Å². The van der Waals surface area contributed by atoms with Crippen molar-refractivity contribution < 1.29 is 18.9 Å². The molecule has 0 radical (unpaired) electrons. The first kappa shape index (κ1) is 37.3. The summed E-state index contributed by atoms with van der Waals surface area (Å²) >= 11 is 0. The van der Waals surface area contributed by atoms with Crippen molar-refractivity contribution in [3.8, 4) is 45.3 Å². The van der Waals surface area contributed by atoms with Crippen LogP contribution < -0.4 is 18.9 Å². The fourth-order valence-corrected chi connectivity index (χ4v) is 5.59. The Balaban J connectivity index is 1.82. The molecule has 0 bridgehead atoms. The normalized spacial score (nSPS) is 11.0. The topological polar surface area (TPSA) is 36.9 Å². The van der Waals surface area contributed by atoms with E-state index in [-0.39, 0.29) is 0 Å². The van der Waals surface area contributed by atoms with Crippen LogP contribution in [0, 0.1) is 0 Å². The lowest BCUT2D eigenvalue weighted by atomic mass is 9.98. The smallest absolute Gasteiger partial charge is 0.127 e. The lowest BCUT2D eigenvalue weighted by Crippen LogP contribution is -2.01. The minimum Gasteiger partial charge on any atom is -0.494 e. The second-order valence-corrected chi connectivity index (χ2v) is 12.5. The molecule has 0 spiro atoms. The van der Waals surface area contributed by atoms with Gasteiger partial charge in [-0.1, -0.05) is 129 Å². The summed E-state index contributed by atoms with van der Waals surface area (Å²) in [5.41, 5.74) is 4.39. The van der Waals surface area contributed by atoms with Crippen molar-refractivity contribution in [3.05, 3.63) is 60.7 Å². The van der Waals surface area contributed by atoms with Gasteiger partial charge in [-0.25, -0.2) is 0 Å². The second kappa shape index (κ2) is 23.2. The van der Waals surface area contributed by atoms with Gasteiger partial charge < -0.3 is 18.9 Å². The average molecular weight is 631 g/mol. The Morgan fingerprint density at radius 2 is 0.674 bits per heavy atom. The van der Waals surface area contributed by atoms with Crippen LogP contribution in [0.15, 0.2) is 60.7 Å². The monoisotopic (exact) mass is 630 g/mol. The Kier molecular flexibility index (Phi) is 18.8. The fraction of sp³-hybridized carbons (Fsp3) is 0.571.